The van der Waals surface area contributed by atoms with Crippen molar-refractivity contribution < 1.29 is 9.13 Å². The third kappa shape index (κ3) is 5.10. The molecule has 4 rings (SSSR count). The van der Waals surface area contributed by atoms with Gasteiger partial charge in [-0.25, -0.2) is 4.39 Å². The first kappa shape index (κ1) is 21.0. The molecule has 0 aliphatic heterocycles. The van der Waals surface area contributed by atoms with E-state index >= 15 is 0 Å². The van der Waals surface area contributed by atoms with Crippen LogP contribution in [0.5, 0.6) is 5.75 Å². The highest BCUT2D eigenvalue weighted by atomic mass is 32.1. The summed E-state index contributed by atoms with van der Waals surface area (Å²) in [5.74, 6) is 0.402. The number of pyridine rings is 1. The van der Waals surface area contributed by atoms with Crippen molar-refractivity contribution in [3.05, 3.63) is 92.7 Å². The van der Waals surface area contributed by atoms with Gasteiger partial charge in [0.15, 0.2) is 5.11 Å². The van der Waals surface area contributed by atoms with Crippen molar-refractivity contribution in [1.29, 1.82) is 0 Å². The summed E-state index contributed by atoms with van der Waals surface area (Å²) in [7, 11) is 1.61. The van der Waals surface area contributed by atoms with Gasteiger partial charge in [-0.2, -0.15) is 0 Å². The lowest BCUT2D eigenvalue weighted by atomic mass is 10.1. The van der Waals surface area contributed by atoms with Crippen LogP contribution in [0.25, 0.3) is 10.9 Å². The van der Waals surface area contributed by atoms with Gasteiger partial charge in [-0.1, -0.05) is 6.07 Å². The number of aromatic amines is 1. The Kier molecular flexibility index (Phi) is 6.29. The van der Waals surface area contributed by atoms with Gasteiger partial charge in [0.2, 0.25) is 0 Å². The van der Waals surface area contributed by atoms with Gasteiger partial charge in [-0.3, -0.25) is 4.79 Å². The van der Waals surface area contributed by atoms with Crippen molar-refractivity contribution >= 4 is 45.3 Å². The lowest BCUT2D eigenvalue weighted by Gasteiger charge is -2.25. The van der Waals surface area contributed by atoms with Gasteiger partial charge < -0.3 is 19.9 Å². The molecule has 2 N–H and O–H groups in total. The minimum absolute atomic E-state index is 0.168. The van der Waals surface area contributed by atoms with Crippen molar-refractivity contribution in [3.63, 3.8) is 0 Å². The SMILES string of the molecule is COc1ccc2[nH]c(=O)c(CN(Cc3cccs3)C(=S)Nc3ccc(F)cc3)cc2c1. The Balaban J connectivity index is 1.63. The first-order chi connectivity index (χ1) is 15.0. The number of thiocarbonyl (C=S) groups is 1. The maximum absolute atomic E-state index is 13.2. The second-order valence-corrected chi connectivity index (χ2v) is 8.37. The van der Waals surface area contributed by atoms with Gasteiger partial charge in [0, 0.05) is 27.0 Å². The van der Waals surface area contributed by atoms with E-state index in [1.54, 1.807) is 30.6 Å². The van der Waals surface area contributed by atoms with Crippen molar-refractivity contribution in [2.24, 2.45) is 0 Å². The Morgan fingerprint density at radius 1 is 1.16 bits per heavy atom. The van der Waals surface area contributed by atoms with Crippen molar-refractivity contribution in [1.82, 2.24) is 9.88 Å². The Morgan fingerprint density at radius 2 is 1.97 bits per heavy atom. The number of H-pyrrole nitrogens is 1. The van der Waals surface area contributed by atoms with Crippen LogP contribution in [0.1, 0.15) is 10.4 Å². The van der Waals surface area contributed by atoms with Crippen molar-refractivity contribution in [2.45, 2.75) is 13.1 Å². The Labute approximate surface area is 188 Å². The van der Waals surface area contributed by atoms with E-state index < -0.39 is 0 Å². The molecule has 158 valence electrons. The van der Waals surface area contributed by atoms with Gasteiger partial charge in [-0.15, -0.1) is 11.3 Å². The Hall–Kier alpha value is -3.23. The number of ether oxygens (including phenoxy) is 1. The molecule has 4 aromatic rings. The first-order valence-corrected chi connectivity index (χ1v) is 10.8. The minimum Gasteiger partial charge on any atom is -0.497 e. The minimum atomic E-state index is -0.315. The summed E-state index contributed by atoms with van der Waals surface area (Å²) in [6.07, 6.45) is 0. The number of nitrogens with one attached hydrogen (secondary N) is 2. The van der Waals surface area contributed by atoms with Crippen LogP contribution in [0.2, 0.25) is 0 Å². The molecule has 0 saturated heterocycles. The number of thiophene rings is 1. The zero-order valence-electron chi connectivity index (χ0n) is 16.7. The molecule has 0 unspecified atom stereocenters. The predicted octanol–water partition coefficient (Wildman–Crippen LogP) is 5.14. The first-order valence-electron chi connectivity index (χ1n) is 9.55. The number of nitrogens with zero attached hydrogens (tertiary/aromatic N) is 1. The molecule has 2 aromatic heterocycles. The molecule has 0 bridgehead atoms. The molecule has 31 heavy (non-hydrogen) atoms. The van der Waals surface area contributed by atoms with Crippen LogP contribution in [-0.4, -0.2) is 22.1 Å². The summed E-state index contributed by atoms with van der Waals surface area (Å²) < 4.78 is 18.5. The molecule has 0 spiro atoms. The fourth-order valence-corrected chi connectivity index (χ4v) is 4.17. The van der Waals surface area contributed by atoms with Gasteiger partial charge in [-0.05, 0) is 72.2 Å². The molecule has 0 fully saturated rings. The summed E-state index contributed by atoms with van der Waals surface area (Å²) in [5.41, 5.74) is 1.84. The molecule has 0 amide bonds. The number of hydrogen-bond acceptors (Lipinski definition) is 4. The van der Waals surface area contributed by atoms with E-state index in [1.807, 2.05) is 46.7 Å². The third-order valence-corrected chi connectivity index (χ3v) is 6.02. The number of fused-ring (bicyclic) bond motifs is 1. The highest BCUT2D eigenvalue weighted by Gasteiger charge is 2.15. The summed E-state index contributed by atoms with van der Waals surface area (Å²) in [4.78, 5) is 18.7. The molecule has 0 atom stereocenters. The second-order valence-electron chi connectivity index (χ2n) is 6.95. The molecule has 0 saturated carbocycles. The number of benzene rings is 2. The van der Waals surface area contributed by atoms with E-state index in [0.717, 1.165) is 21.5 Å². The quantitative estimate of drug-likeness (QED) is 0.396. The molecule has 0 aliphatic carbocycles. The van der Waals surface area contributed by atoms with E-state index in [1.165, 1.54) is 12.1 Å². The normalized spacial score (nSPS) is 10.8. The highest BCUT2D eigenvalue weighted by Crippen LogP contribution is 2.21. The maximum Gasteiger partial charge on any atom is 0.253 e. The van der Waals surface area contributed by atoms with Gasteiger partial charge in [0.25, 0.3) is 5.56 Å². The average Bonchev–Trinajstić information content (AvgIpc) is 3.28. The largest absolute Gasteiger partial charge is 0.497 e. The van der Waals surface area contributed by atoms with Crippen molar-refractivity contribution in [3.8, 4) is 5.75 Å². The lowest BCUT2D eigenvalue weighted by molar-refractivity contribution is 0.414. The predicted molar refractivity (Wildman–Crippen MR) is 127 cm³/mol. The fraction of sp³-hybridized carbons (Fsp3) is 0.130. The van der Waals surface area contributed by atoms with Crippen LogP contribution in [0, 0.1) is 5.82 Å². The van der Waals surface area contributed by atoms with Gasteiger partial charge >= 0.3 is 0 Å². The summed E-state index contributed by atoms with van der Waals surface area (Å²) in [6.45, 7) is 0.855. The van der Waals surface area contributed by atoms with Gasteiger partial charge in [0.05, 0.1) is 20.2 Å². The molecule has 2 heterocycles. The van der Waals surface area contributed by atoms with E-state index in [4.69, 9.17) is 17.0 Å². The van der Waals surface area contributed by atoms with E-state index in [-0.39, 0.29) is 11.4 Å². The smallest absolute Gasteiger partial charge is 0.253 e. The molecular weight excluding hydrogens is 433 g/mol. The molecule has 5 nitrogen and oxygen atoms in total. The molecule has 0 aliphatic rings. The number of hydrogen-bond donors (Lipinski definition) is 2. The fourth-order valence-electron chi connectivity index (χ4n) is 3.21. The maximum atomic E-state index is 13.2. The second kappa shape index (κ2) is 9.28. The number of rotatable bonds is 6. The van der Waals surface area contributed by atoms with Crippen LogP contribution >= 0.6 is 23.6 Å². The Bertz CT molecular complexity index is 1250. The molecule has 8 heteroatoms. The number of aromatic nitrogens is 1. The summed E-state index contributed by atoms with van der Waals surface area (Å²) in [6, 6.07) is 17.4. The molecule has 0 radical (unpaired) electrons. The topological polar surface area (TPSA) is 57.4 Å². The molecular formula is C23H20FN3O2S2. The van der Waals surface area contributed by atoms with Crippen LogP contribution in [0.3, 0.4) is 0 Å². The van der Waals surface area contributed by atoms with Gasteiger partial charge in [0.1, 0.15) is 11.6 Å². The molecule has 2 aromatic carbocycles. The van der Waals surface area contributed by atoms with Crippen LogP contribution < -0.4 is 15.6 Å². The third-order valence-electron chi connectivity index (χ3n) is 4.80. The van der Waals surface area contributed by atoms with E-state index in [0.29, 0.717) is 29.5 Å². The number of methoxy groups -OCH3 is 1. The van der Waals surface area contributed by atoms with Crippen molar-refractivity contribution in [2.75, 3.05) is 12.4 Å². The zero-order chi connectivity index (χ0) is 21.8. The Morgan fingerprint density at radius 3 is 2.68 bits per heavy atom. The monoisotopic (exact) mass is 453 g/mol. The lowest BCUT2D eigenvalue weighted by Crippen LogP contribution is -2.35. The van der Waals surface area contributed by atoms with E-state index in [2.05, 4.69) is 10.3 Å². The van der Waals surface area contributed by atoms with Crippen LogP contribution in [-0.2, 0) is 13.1 Å². The standard InChI is InChI=1S/C23H20FN3O2S2/c1-29-19-8-9-21-15(12-19)11-16(22(28)26-21)13-27(14-20-3-2-10-31-20)23(30)25-18-6-4-17(24)5-7-18/h2-12H,13-14H2,1H3,(H,25,30)(H,26,28). The van der Waals surface area contributed by atoms with E-state index in [9.17, 15) is 9.18 Å². The summed E-state index contributed by atoms with van der Waals surface area (Å²) >= 11 is 7.25. The summed E-state index contributed by atoms with van der Waals surface area (Å²) in [5, 5.41) is 6.47. The average molecular weight is 454 g/mol. The van der Waals surface area contributed by atoms with Crippen LogP contribution in [0.15, 0.2) is 70.8 Å². The van der Waals surface area contributed by atoms with Crippen LogP contribution in [0.4, 0.5) is 10.1 Å². The number of anilines is 1. The number of halogens is 1. The highest BCUT2D eigenvalue weighted by molar-refractivity contribution is 7.80. The zero-order valence-corrected chi connectivity index (χ0v) is 18.4.